The van der Waals surface area contributed by atoms with E-state index >= 15 is 0 Å². The van der Waals surface area contributed by atoms with Crippen LogP contribution in [0.3, 0.4) is 0 Å². The summed E-state index contributed by atoms with van der Waals surface area (Å²) in [5.74, 6) is -0.795. The van der Waals surface area contributed by atoms with Crippen molar-refractivity contribution in [1.29, 1.82) is 0 Å². The molecule has 1 aromatic rings. The first-order chi connectivity index (χ1) is 7.58. The number of fused-ring (bicyclic) bond motifs is 1. The monoisotopic (exact) mass is 221 g/mol. The third-order valence-corrected chi connectivity index (χ3v) is 2.66. The quantitative estimate of drug-likeness (QED) is 0.790. The number of rotatable bonds is 1. The molecular formula is C12H12FNO2. The van der Waals surface area contributed by atoms with Crippen molar-refractivity contribution in [2.75, 3.05) is 5.32 Å². The molecule has 1 aliphatic carbocycles. The van der Waals surface area contributed by atoms with E-state index in [1.54, 1.807) is 0 Å². The van der Waals surface area contributed by atoms with Crippen molar-refractivity contribution in [3.05, 3.63) is 29.1 Å². The number of amides is 1. The zero-order valence-corrected chi connectivity index (χ0v) is 8.97. The first kappa shape index (κ1) is 10.8. The fourth-order valence-corrected chi connectivity index (χ4v) is 2.02. The normalized spacial score (nSPS) is 14.5. The number of anilines is 1. The second kappa shape index (κ2) is 4.04. The van der Waals surface area contributed by atoms with Gasteiger partial charge >= 0.3 is 0 Å². The Morgan fingerprint density at radius 2 is 2.12 bits per heavy atom. The summed E-state index contributed by atoms with van der Waals surface area (Å²) < 4.78 is 13.3. The van der Waals surface area contributed by atoms with Gasteiger partial charge in [-0.15, -0.1) is 0 Å². The number of benzene rings is 1. The van der Waals surface area contributed by atoms with E-state index in [0.717, 1.165) is 12.0 Å². The number of nitrogens with one attached hydrogen (secondary N) is 1. The Bertz CT molecular complexity index is 468. The molecule has 0 unspecified atom stereocenters. The summed E-state index contributed by atoms with van der Waals surface area (Å²) in [5.41, 5.74) is 1.60. The average Bonchev–Trinajstić information content (AvgIpc) is 2.18. The molecule has 1 aliphatic rings. The van der Waals surface area contributed by atoms with Gasteiger partial charge in [0.2, 0.25) is 5.91 Å². The fraction of sp³-hybridized carbons (Fsp3) is 0.333. The molecule has 4 heteroatoms. The van der Waals surface area contributed by atoms with Crippen LogP contribution in [0.4, 0.5) is 10.1 Å². The van der Waals surface area contributed by atoms with Crippen molar-refractivity contribution >= 4 is 17.4 Å². The molecule has 0 aromatic heterocycles. The first-order valence-electron chi connectivity index (χ1n) is 5.21. The van der Waals surface area contributed by atoms with E-state index in [0.29, 0.717) is 24.1 Å². The lowest BCUT2D eigenvalue weighted by Crippen LogP contribution is -2.16. The minimum Gasteiger partial charge on any atom is -0.326 e. The van der Waals surface area contributed by atoms with Crippen molar-refractivity contribution < 1.29 is 14.0 Å². The molecule has 1 amide bonds. The first-order valence-corrected chi connectivity index (χ1v) is 5.21. The second-order valence-electron chi connectivity index (χ2n) is 3.94. The molecule has 0 saturated carbocycles. The smallest absolute Gasteiger partial charge is 0.221 e. The molecule has 0 fully saturated rings. The van der Waals surface area contributed by atoms with Gasteiger partial charge in [0, 0.05) is 24.6 Å². The van der Waals surface area contributed by atoms with Crippen molar-refractivity contribution in [3.63, 3.8) is 0 Å². The summed E-state index contributed by atoms with van der Waals surface area (Å²) in [6, 6.07) is 2.51. The standard InChI is InChI=1S/C12H12FNO2/c1-7(15)14-11-6-8(13)5-10-9(11)3-2-4-12(10)16/h5-6H,2-4H2,1H3,(H,14,15). The fourth-order valence-electron chi connectivity index (χ4n) is 2.02. The molecule has 2 rings (SSSR count). The molecule has 84 valence electrons. The van der Waals surface area contributed by atoms with E-state index in [1.807, 2.05) is 0 Å². The van der Waals surface area contributed by atoms with Gasteiger partial charge < -0.3 is 5.32 Å². The average molecular weight is 221 g/mol. The van der Waals surface area contributed by atoms with Gasteiger partial charge in [0.25, 0.3) is 0 Å². The molecule has 1 aromatic carbocycles. The van der Waals surface area contributed by atoms with E-state index in [4.69, 9.17) is 0 Å². The zero-order valence-electron chi connectivity index (χ0n) is 8.97. The molecule has 0 heterocycles. The summed E-state index contributed by atoms with van der Waals surface area (Å²) in [4.78, 5) is 22.6. The number of carbonyl (C=O) groups is 2. The van der Waals surface area contributed by atoms with Gasteiger partial charge in [-0.1, -0.05) is 0 Å². The third kappa shape index (κ3) is 1.96. The predicted molar refractivity (Wildman–Crippen MR) is 58.0 cm³/mol. The lowest BCUT2D eigenvalue weighted by Gasteiger charge is -2.18. The van der Waals surface area contributed by atoms with Crippen LogP contribution in [-0.2, 0) is 11.2 Å². The molecule has 0 radical (unpaired) electrons. The summed E-state index contributed by atoms with van der Waals surface area (Å²) in [6.07, 6.45) is 1.91. The molecule has 0 saturated heterocycles. The highest BCUT2D eigenvalue weighted by atomic mass is 19.1. The predicted octanol–water partition coefficient (Wildman–Crippen LogP) is 2.30. The highest BCUT2D eigenvalue weighted by Gasteiger charge is 2.21. The maximum atomic E-state index is 13.3. The molecule has 3 nitrogen and oxygen atoms in total. The maximum absolute atomic E-state index is 13.3. The van der Waals surface area contributed by atoms with Gasteiger partial charge in [-0.3, -0.25) is 9.59 Å². The van der Waals surface area contributed by atoms with Gasteiger partial charge in [0.1, 0.15) is 5.82 Å². The van der Waals surface area contributed by atoms with Crippen LogP contribution in [0.2, 0.25) is 0 Å². The minimum absolute atomic E-state index is 0.0487. The Labute approximate surface area is 92.7 Å². The summed E-state index contributed by atoms with van der Waals surface area (Å²) in [5, 5.41) is 2.56. The number of carbonyl (C=O) groups excluding carboxylic acids is 2. The number of halogens is 1. The highest BCUT2D eigenvalue weighted by molar-refractivity contribution is 6.01. The largest absolute Gasteiger partial charge is 0.326 e. The number of Topliss-reactive ketones (excluding diaryl/α,β-unsaturated/α-hetero) is 1. The Hall–Kier alpha value is -1.71. The van der Waals surface area contributed by atoms with Crippen molar-refractivity contribution in [2.45, 2.75) is 26.2 Å². The van der Waals surface area contributed by atoms with Crippen LogP contribution in [-0.4, -0.2) is 11.7 Å². The Balaban J connectivity index is 2.52. The minimum atomic E-state index is -0.488. The van der Waals surface area contributed by atoms with E-state index in [-0.39, 0.29) is 11.7 Å². The number of hydrogen-bond donors (Lipinski definition) is 1. The summed E-state index contributed by atoms with van der Waals surface area (Å²) >= 11 is 0. The Morgan fingerprint density at radius 1 is 1.38 bits per heavy atom. The molecule has 16 heavy (non-hydrogen) atoms. The van der Waals surface area contributed by atoms with E-state index < -0.39 is 5.82 Å². The van der Waals surface area contributed by atoms with Gasteiger partial charge in [-0.25, -0.2) is 4.39 Å². The van der Waals surface area contributed by atoms with Crippen LogP contribution in [0.5, 0.6) is 0 Å². The van der Waals surface area contributed by atoms with E-state index in [9.17, 15) is 14.0 Å². The Morgan fingerprint density at radius 3 is 2.81 bits per heavy atom. The number of hydrogen-bond acceptors (Lipinski definition) is 2. The molecule has 1 N–H and O–H groups in total. The van der Waals surface area contributed by atoms with Crippen LogP contribution < -0.4 is 5.32 Å². The van der Waals surface area contributed by atoms with E-state index in [2.05, 4.69) is 5.32 Å². The molecular weight excluding hydrogens is 209 g/mol. The SMILES string of the molecule is CC(=O)Nc1cc(F)cc2c1CCCC2=O. The topological polar surface area (TPSA) is 46.2 Å². The molecule has 0 aliphatic heterocycles. The maximum Gasteiger partial charge on any atom is 0.221 e. The van der Waals surface area contributed by atoms with Crippen LogP contribution >= 0.6 is 0 Å². The summed E-state index contributed by atoms with van der Waals surface area (Å²) in [6.45, 7) is 1.36. The third-order valence-electron chi connectivity index (χ3n) is 2.66. The zero-order chi connectivity index (χ0) is 11.7. The van der Waals surface area contributed by atoms with Crippen LogP contribution in [0.25, 0.3) is 0 Å². The molecule has 0 atom stereocenters. The van der Waals surface area contributed by atoms with Gasteiger partial charge in [0.05, 0.1) is 0 Å². The van der Waals surface area contributed by atoms with Gasteiger partial charge in [-0.05, 0) is 30.5 Å². The number of ketones is 1. The van der Waals surface area contributed by atoms with Crippen molar-refractivity contribution in [2.24, 2.45) is 0 Å². The van der Waals surface area contributed by atoms with E-state index in [1.165, 1.54) is 19.1 Å². The van der Waals surface area contributed by atoms with Gasteiger partial charge in [0.15, 0.2) is 5.78 Å². The lowest BCUT2D eigenvalue weighted by atomic mass is 9.89. The van der Waals surface area contributed by atoms with Crippen LogP contribution in [0.15, 0.2) is 12.1 Å². The second-order valence-corrected chi connectivity index (χ2v) is 3.94. The lowest BCUT2D eigenvalue weighted by molar-refractivity contribution is -0.114. The van der Waals surface area contributed by atoms with Crippen LogP contribution in [0, 0.1) is 5.82 Å². The molecule has 0 bridgehead atoms. The highest BCUT2D eigenvalue weighted by Crippen LogP contribution is 2.29. The van der Waals surface area contributed by atoms with Gasteiger partial charge in [-0.2, -0.15) is 0 Å². The van der Waals surface area contributed by atoms with Crippen molar-refractivity contribution in [1.82, 2.24) is 0 Å². The molecule has 0 spiro atoms. The van der Waals surface area contributed by atoms with Crippen molar-refractivity contribution in [3.8, 4) is 0 Å². The Kier molecular flexibility index (Phi) is 2.73. The summed E-state index contributed by atoms with van der Waals surface area (Å²) in [7, 11) is 0. The van der Waals surface area contributed by atoms with Crippen LogP contribution in [0.1, 0.15) is 35.7 Å².